The highest BCUT2D eigenvalue weighted by Gasteiger charge is 2.15. The number of Topliss-reactive ketones (excluding diaryl/α,β-unsaturated/α-hetero) is 2. The van der Waals surface area contributed by atoms with Crippen LogP contribution in [0.4, 0.5) is 0 Å². The van der Waals surface area contributed by atoms with Crippen LogP contribution in [0.5, 0.6) is 0 Å². The number of esters is 4. The summed E-state index contributed by atoms with van der Waals surface area (Å²) in [7, 11) is 2.56. The van der Waals surface area contributed by atoms with Gasteiger partial charge in [-0.25, -0.2) is 9.59 Å². The number of ether oxygens (including phenoxy) is 6. The molecule has 0 aromatic rings. The maximum Gasteiger partial charge on any atom is 0.332 e. The van der Waals surface area contributed by atoms with Gasteiger partial charge in [0, 0.05) is 14.2 Å². The van der Waals surface area contributed by atoms with Crippen LogP contribution in [0, 0.1) is 0 Å². The first-order valence-corrected chi connectivity index (χ1v) is 7.92. The smallest absolute Gasteiger partial charge is 0.332 e. The Hall–Kier alpha value is -2.86. The minimum absolute atomic E-state index is 0.318. The summed E-state index contributed by atoms with van der Waals surface area (Å²) in [5, 5.41) is 0. The van der Waals surface area contributed by atoms with Crippen molar-refractivity contribution in [3.05, 3.63) is 0 Å². The molecule has 0 aromatic carbocycles. The van der Waals surface area contributed by atoms with Crippen LogP contribution in [0.1, 0.15) is 12.8 Å². The number of carbonyl (C=O) groups is 6. The Morgan fingerprint density at radius 1 is 0.500 bits per heavy atom. The minimum Gasteiger partial charge on any atom is -0.462 e. The van der Waals surface area contributed by atoms with Gasteiger partial charge < -0.3 is 28.4 Å². The fraction of sp³-hybridized carbons (Fsp3) is 0.625. The second-order valence-corrected chi connectivity index (χ2v) is 5.06. The minimum atomic E-state index is -0.898. The summed E-state index contributed by atoms with van der Waals surface area (Å²) >= 11 is 0. The Labute approximate surface area is 160 Å². The fourth-order valence-corrected chi connectivity index (χ4v) is 1.48. The molecule has 0 aliphatic rings. The number of methoxy groups -OCH3 is 2. The molecule has 0 aromatic heterocycles. The van der Waals surface area contributed by atoms with Gasteiger partial charge in [-0.3, -0.25) is 19.2 Å². The fourth-order valence-electron chi connectivity index (χ4n) is 1.48. The lowest BCUT2D eigenvalue weighted by atomic mass is 10.3. The van der Waals surface area contributed by atoms with Crippen molar-refractivity contribution in [3.8, 4) is 0 Å². The first kappa shape index (κ1) is 25.1. The van der Waals surface area contributed by atoms with Crippen molar-refractivity contribution >= 4 is 35.4 Å². The molecule has 0 heterocycles. The molecule has 0 amide bonds. The van der Waals surface area contributed by atoms with E-state index in [0.29, 0.717) is 0 Å². The molecule has 0 fully saturated rings. The van der Waals surface area contributed by atoms with E-state index in [1.165, 1.54) is 14.2 Å². The third-order valence-corrected chi connectivity index (χ3v) is 2.61. The van der Waals surface area contributed by atoms with Gasteiger partial charge in [0.25, 0.3) is 0 Å². The average Bonchev–Trinajstić information content (AvgIpc) is 2.62. The lowest BCUT2D eigenvalue weighted by Crippen LogP contribution is -2.22. The maximum absolute atomic E-state index is 11.4. The first-order chi connectivity index (χ1) is 13.3. The summed E-state index contributed by atoms with van der Waals surface area (Å²) < 4.78 is 27.4. The monoisotopic (exact) mass is 406 g/mol. The van der Waals surface area contributed by atoms with E-state index < -0.39 is 61.5 Å². The molecule has 12 nitrogen and oxygen atoms in total. The van der Waals surface area contributed by atoms with Crippen LogP contribution < -0.4 is 0 Å². The largest absolute Gasteiger partial charge is 0.462 e. The predicted octanol–water partition coefficient (Wildman–Crippen LogP) is -1.63. The number of rotatable bonds is 15. The number of ketones is 2. The maximum atomic E-state index is 11.4. The van der Waals surface area contributed by atoms with Gasteiger partial charge in [0.1, 0.15) is 39.3 Å². The van der Waals surface area contributed by atoms with Gasteiger partial charge in [-0.05, 0) is 0 Å². The third kappa shape index (κ3) is 14.3. The van der Waals surface area contributed by atoms with E-state index in [-0.39, 0.29) is 26.4 Å². The molecule has 0 radical (unpaired) electrons. The Balaban J connectivity index is 3.81. The summed E-state index contributed by atoms with van der Waals surface area (Å²) in [5.41, 5.74) is 0. The van der Waals surface area contributed by atoms with Crippen molar-refractivity contribution in [2.24, 2.45) is 0 Å². The zero-order chi connectivity index (χ0) is 21.4. The van der Waals surface area contributed by atoms with Gasteiger partial charge in [0.2, 0.25) is 0 Å². The second kappa shape index (κ2) is 15.2. The van der Waals surface area contributed by atoms with Crippen LogP contribution in [-0.2, 0) is 57.2 Å². The molecule has 28 heavy (non-hydrogen) atoms. The molecule has 12 heteroatoms. The molecule has 0 unspecified atom stereocenters. The van der Waals surface area contributed by atoms with E-state index >= 15 is 0 Å². The standard InChI is InChI=1S/C16H22O12/c1-23-9-15(21)27-7-11(17)5-13(19)25-3-4-26-14(20)6-12(18)8-28-16(22)10-24-2/h3-10H2,1-2H3. The topological polar surface area (TPSA) is 158 Å². The average molecular weight is 406 g/mol. The molecule has 0 saturated heterocycles. The van der Waals surface area contributed by atoms with E-state index in [4.69, 9.17) is 0 Å². The summed E-state index contributed by atoms with van der Waals surface area (Å²) in [6.07, 6.45) is -1.25. The van der Waals surface area contributed by atoms with Crippen molar-refractivity contribution in [2.45, 2.75) is 12.8 Å². The molecule has 0 aliphatic heterocycles. The van der Waals surface area contributed by atoms with Crippen LogP contribution in [0.15, 0.2) is 0 Å². The van der Waals surface area contributed by atoms with Crippen LogP contribution in [0.3, 0.4) is 0 Å². The van der Waals surface area contributed by atoms with Crippen LogP contribution in [0.2, 0.25) is 0 Å². The summed E-state index contributed by atoms with van der Waals surface area (Å²) in [6, 6.07) is 0. The van der Waals surface area contributed by atoms with E-state index in [9.17, 15) is 28.8 Å². The molecule has 0 N–H and O–H groups in total. The quantitative estimate of drug-likeness (QED) is 0.132. The molecule has 0 bridgehead atoms. The van der Waals surface area contributed by atoms with Crippen molar-refractivity contribution in [2.75, 3.05) is 53.9 Å². The van der Waals surface area contributed by atoms with E-state index in [1.54, 1.807) is 0 Å². The SMILES string of the molecule is COCC(=O)OCC(=O)CC(=O)OCCOC(=O)CC(=O)COC(=O)COC. The Morgan fingerprint density at radius 3 is 1.18 bits per heavy atom. The zero-order valence-corrected chi connectivity index (χ0v) is 15.6. The molecular weight excluding hydrogens is 384 g/mol. The van der Waals surface area contributed by atoms with E-state index in [2.05, 4.69) is 28.4 Å². The van der Waals surface area contributed by atoms with Gasteiger partial charge in [-0.1, -0.05) is 0 Å². The van der Waals surface area contributed by atoms with Gasteiger partial charge in [0.15, 0.2) is 24.8 Å². The highest BCUT2D eigenvalue weighted by molar-refractivity contribution is 5.97. The summed E-state index contributed by atoms with van der Waals surface area (Å²) in [6.45, 7) is -2.49. The predicted molar refractivity (Wildman–Crippen MR) is 86.8 cm³/mol. The number of hydrogen-bond acceptors (Lipinski definition) is 12. The molecule has 0 saturated carbocycles. The van der Waals surface area contributed by atoms with E-state index in [1.807, 2.05) is 0 Å². The lowest BCUT2D eigenvalue weighted by molar-refractivity contribution is -0.157. The molecule has 158 valence electrons. The third-order valence-electron chi connectivity index (χ3n) is 2.61. The molecule has 0 aliphatic carbocycles. The highest BCUT2D eigenvalue weighted by atomic mass is 16.6. The first-order valence-electron chi connectivity index (χ1n) is 7.92. The normalized spacial score (nSPS) is 9.93. The molecule has 0 rings (SSSR count). The molecule has 0 atom stereocenters. The lowest BCUT2D eigenvalue weighted by Gasteiger charge is -2.07. The number of hydrogen-bond donors (Lipinski definition) is 0. The van der Waals surface area contributed by atoms with E-state index in [0.717, 1.165) is 0 Å². The van der Waals surface area contributed by atoms with Gasteiger partial charge in [-0.15, -0.1) is 0 Å². The Morgan fingerprint density at radius 2 is 0.857 bits per heavy atom. The van der Waals surface area contributed by atoms with Crippen LogP contribution in [-0.4, -0.2) is 89.3 Å². The van der Waals surface area contributed by atoms with Crippen molar-refractivity contribution in [3.63, 3.8) is 0 Å². The highest BCUT2D eigenvalue weighted by Crippen LogP contribution is 1.94. The van der Waals surface area contributed by atoms with Crippen molar-refractivity contribution in [1.82, 2.24) is 0 Å². The zero-order valence-electron chi connectivity index (χ0n) is 15.6. The van der Waals surface area contributed by atoms with Crippen LogP contribution in [0.25, 0.3) is 0 Å². The Bertz CT molecular complexity index is 518. The van der Waals surface area contributed by atoms with Gasteiger partial charge in [-0.2, -0.15) is 0 Å². The van der Waals surface area contributed by atoms with Gasteiger partial charge >= 0.3 is 23.9 Å². The van der Waals surface area contributed by atoms with Crippen molar-refractivity contribution in [1.29, 1.82) is 0 Å². The van der Waals surface area contributed by atoms with Crippen LogP contribution >= 0.6 is 0 Å². The summed E-state index contributed by atoms with van der Waals surface area (Å²) in [4.78, 5) is 67.5. The second-order valence-electron chi connectivity index (χ2n) is 5.06. The van der Waals surface area contributed by atoms with Gasteiger partial charge in [0.05, 0.1) is 0 Å². The summed E-state index contributed by atoms with van der Waals surface area (Å²) in [5.74, 6) is -4.66. The molecular formula is C16H22O12. The Kier molecular flexibility index (Phi) is 13.7. The van der Waals surface area contributed by atoms with Crippen molar-refractivity contribution < 1.29 is 57.2 Å². The molecule has 0 spiro atoms. The number of carbonyl (C=O) groups excluding carboxylic acids is 6.